The predicted octanol–water partition coefficient (Wildman–Crippen LogP) is 8.30. The van der Waals surface area contributed by atoms with Crippen LogP contribution in [-0.4, -0.2) is 38.2 Å². The first kappa shape index (κ1) is 26.0. The van der Waals surface area contributed by atoms with Crippen LogP contribution in [0.1, 0.15) is 41.9 Å². The van der Waals surface area contributed by atoms with Crippen LogP contribution < -0.4 is 9.80 Å². The van der Waals surface area contributed by atoms with Gasteiger partial charge in [-0.05, 0) is 6.07 Å². The van der Waals surface area contributed by atoms with Crippen LogP contribution in [0.25, 0.3) is 30.7 Å². The van der Waals surface area contributed by atoms with Gasteiger partial charge >= 0.3 is 224 Å². The summed E-state index contributed by atoms with van der Waals surface area (Å²) in [4.78, 5) is 15.0. The van der Waals surface area contributed by atoms with Crippen LogP contribution in [-0.2, 0) is 5.41 Å². The molecule has 4 nitrogen and oxygen atoms in total. The van der Waals surface area contributed by atoms with Crippen molar-refractivity contribution in [1.29, 1.82) is 0 Å². The average molecular weight is 602 g/mol. The second-order valence-electron chi connectivity index (χ2n) is 11.9. The SMILES string of the molecule is Cc1cc(N2CN(C)c3ccccc32)cc(C(C)(C)c2cc(C)cc(-c3cccc4c3[se]c3nc(C)ccc34)n2)c1. The van der Waals surface area contributed by atoms with Crippen LogP contribution in [0.4, 0.5) is 17.1 Å². The first-order chi connectivity index (χ1) is 19.7. The molecular weight excluding hydrogens is 567 g/mol. The van der Waals surface area contributed by atoms with Gasteiger partial charge < -0.3 is 0 Å². The molecule has 0 N–H and O–H groups in total. The number of fused-ring (bicyclic) bond motifs is 4. The number of hydrogen-bond donors (Lipinski definition) is 0. The van der Waals surface area contributed by atoms with Crippen LogP contribution in [0.3, 0.4) is 0 Å². The minimum absolute atomic E-state index is 0.166. The van der Waals surface area contributed by atoms with Gasteiger partial charge in [-0.25, -0.2) is 0 Å². The molecule has 41 heavy (non-hydrogen) atoms. The predicted molar refractivity (Wildman–Crippen MR) is 174 cm³/mol. The Bertz CT molecular complexity index is 1970. The van der Waals surface area contributed by atoms with Gasteiger partial charge in [-0.3, -0.25) is 0 Å². The minimum atomic E-state index is -0.280. The zero-order valence-electron chi connectivity index (χ0n) is 24.5. The van der Waals surface area contributed by atoms with Gasteiger partial charge in [-0.1, -0.05) is 12.1 Å². The normalized spacial score (nSPS) is 13.4. The molecular formula is C36H34N4Se. The number of pyridine rings is 2. The summed E-state index contributed by atoms with van der Waals surface area (Å²) in [6.07, 6.45) is 0. The average Bonchev–Trinajstić information content (AvgIpc) is 3.49. The molecule has 0 saturated heterocycles. The maximum absolute atomic E-state index is 5.38. The van der Waals surface area contributed by atoms with Gasteiger partial charge in [0.1, 0.15) is 0 Å². The zero-order chi connectivity index (χ0) is 28.5. The Labute approximate surface area is 248 Å². The van der Waals surface area contributed by atoms with Crippen molar-refractivity contribution >= 4 is 51.0 Å². The fourth-order valence-corrected chi connectivity index (χ4v) is 8.73. The Morgan fingerprint density at radius 3 is 2.37 bits per heavy atom. The number of hydrogen-bond acceptors (Lipinski definition) is 4. The van der Waals surface area contributed by atoms with Crippen molar-refractivity contribution in [2.75, 3.05) is 23.5 Å². The van der Waals surface area contributed by atoms with Crippen LogP contribution in [0.5, 0.6) is 0 Å². The van der Waals surface area contributed by atoms with Crippen molar-refractivity contribution in [3.05, 3.63) is 113 Å². The van der Waals surface area contributed by atoms with Gasteiger partial charge in [-0.2, -0.15) is 0 Å². The third-order valence-corrected chi connectivity index (χ3v) is 10.8. The van der Waals surface area contributed by atoms with E-state index in [-0.39, 0.29) is 19.9 Å². The van der Waals surface area contributed by atoms with Gasteiger partial charge in [0, 0.05) is 7.05 Å². The van der Waals surface area contributed by atoms with Crippen molar-refractivity contribution < 1.29 is 0 Å². The van der Waals surface area contributed by atoms with E-state index in [0.717, 1.165) is 23.8 Å². The summed E-state index contributed by atoms with van der Waals surface area (Å²) in [5, 5.41) is 2.59. The van der Waals surface area contributed by atoms with E-state index in [1.807, 2.05) is 0 Å². The van der Waals surface area contributed by atoms with E-state index >= 15 is 0 Å². The van der Waals surface area contributed by atoms with Crippen LogP contribution >= 0.6 is 0 Å². The molecule has 0 amide bonds. The molecule has 3 aromatic heterocycles. The summed E-state index contributed by atoms with van der Waals surface area (Å²) < 4.78 is 2.62. The summed E-state index contributed by atoms with van der Waals surface area (Å²) in [5.74, 6) is 0. The topological polar surface area (TPSA) is 32.3 Å². The number of anilines is 3. The van der Waals surface area contributed by atoms with Gasteiger partial charge in [0.05, 0.1) is 0 Å². The van der Waals surface area contributed by atoms with Crippen molar-refractivity contribution in [3.63, 3.8) is 0 Å². The molecule has 6 aromatic rings. The Morgan fingerprint density at radius 2 is 1.54 bits per heavy atom. The number of para-hydroxylation sites is 2. The molecule has 0 atom stereocenters. The van der Waals surface area contributed by atoms with Crippen molar-refractivity contribution in [3.8, 4) is 11.3 Å². The number of benzene rings is 3. The molecule has 0 radical (unpaired) electrons. The fraction of sp³-hybridized carbons (Fsp3) is 0.222. The molecule has 7 rings (SSSR count). The van der Waals surface area contributed by atoms with E-state index in [1.54, 1.807) is 0 Å². The Balaban J connectivity index is 1.33. The summed E-state index contributed by atoms with van der Waals surface area (Å²) >= 11 is 0.166. The molecule has 0 saturated carbocycles. The molecule has 0 spiro atoms. The summed E-state index contributed by atoms with van der Waals surface area (Å²) in [6.45, 7) is 11.9. The van der Waals surface area contributed by atoms with Crippen molar-refractivity contribution in [1.82, 2.24) is 9.97 Å². The monoisotopic (exact) mass is 602 g/mol. The van der Waals surface area contributed by atoms with Crippen LogP contribution in [0.15, 0.2) is 84.9 Å². The molecule has 0 bridgehead atoms. The second kappa shape index (κ2) is 9.58. The molecule has 204 valence electrons. The van der Waals surface area contributed by atoms with E-state index in [9.17, 15) is 0 Å². The third kappa shape index (κ3) is 4.36. The van der Waals surface area contributed by atoms with Gasteiger partial charge in [0.15, 0.2) is 0 Å². The first-order valence-corrected chi connectivity index (χ1v) is 15.9. The van der Waals surface area contributed by atoms with Crippen molar-refractivity contribution in [2.45, 2.75) is 40.0 Å². The van der Waals surface area contributed by atoms with E-state index < -0.39 is 0 Å². The Morgan fingerprint density at radius 1 is 0.756 bits per heavy atom. The number of aryl methyl sites for hydroxylation is 3. The number of nitrogens with zero attached hydrogens (tertiary/aromatic N) is 4. The zero-order valence-corrected chi connectivity index (χ0v) is 26.2. The summed E-state index contributed by atoms with van der Waals surface area (Å²) in [5.41, 5.74) is 11.7. The molecule has 1 aliphatic rings. The molecule has 4 heterocycles. The first-order valence-electron chi connectivity index (χ1n) is 14.2. The molecule has 0 fully saturated rings. The second-order valence-corrected chi connectivity index (χ2v) is 14.0. The molecule has 3 aromatic carbocycles. The van der Waals surface area contributed by atoms with E-state index in [2.05, 4.69) is 136 Å². The quantitative estimate of drug-likeness (QED) is 0.190. The Hall–Kier alpha value is -3.92. The van der Waals surface area contributed by atoms with E-state index in [1.165, 1.54) is 58.7 Å². The third-order valence-electron chi connectivity index (χ3n) is 8.42. The van der Waals surface area contributed by atoms with E-state index in [0.29, 0.717) is 0 Å². The fourth-order valence-electron chi connectivity index (χ4n) is 6.13. The summed E-state index contributed by atoms with van der Waals surface area (Å²) in [7, 11) is 2.16. The Kier molecular flexibility index (Phi) is 6.08. The van der Waals surface area contributed by atoms with Gasteiger partial charge in [0.25, 0.3) is 0 Å². The number of aromatic nitrogens is 2. The molecule has 5 heteroatoms. The van der Waals surface area contributed by atoms with Crippen molar-refractivity contribution in [2.24, 2.45) is 0 Å². The molecule has 0 aliphatic carbocycles. The van der Waals surface area contributed by atoms with Crippen LogP contribution in [0, 0.1) is 20.8 Å². The summed E-state index contributed by atoms with van der Waals surface area (Å²) in [6, 6.07) is 31.2. The van der Waals surface area contributed by atoms with Gasteiger partial charge in [-0.15, -0.1) is 0 Å². The van der Waals surface area contributed by atoms with E-state index in [4.69, 9.17) is 9.97 Å². The maximum atomic E-state index is 5.38. The molecule has 1 aliphatic heterocycles. The standard InChI is InChI=1S/C36H34N4Se/c1-22-16-25(20-26(17-22)40-21-39(6)31-12-7-8-13-32(31)40)36(4,5)33-19-23(2)18-30(38-33)29-11-9-10-27-28-15-14-24(3)37-35(28)41-34(27)29/h7-20H,21H2,1-6H3. The number of rotatable bonds is 4. The van der Waals surface area contributed by atoms with Gasteiger partial charge in [0.2, 0.25) is 0 Å². The van der Waals surface area contributed by atoms with Crippen LogP contribution in [0.2, 0.25) is 0 Å². The molecule has 0 unspecified atom stereocenters.